The van der Waals surface area contributed by atoms with Crippen LogP contribution in [0.4, 0.5) is 11.4 Å². The fourth-order valence-electron chi connectivity index (χ4n) is 5.69. The third-order valence-electron chi connectivity index (χ3n) is 7.93. The summed E-state index contributed by atoms with van der Waals surface area (Å²) in [6.07, 6.45) is 6.38. The maximum Gasteiger partial charge on any atom is 0.257 e. The zero-order chi connectivity index (χ0) is 24.6. The van der Waals surface area contributed by atoms with E-state index in [2.05, 4.69) is 28.0 Å². The molecule has 1 aromatic carbocycles. The van der Waals surface area contributed by atoms with E-state index in [1.54, 1.807) is 13.0 Å². The van der Waals surface area contributed by atoms with E-state index in [4.69, 9.17) is 9.26 Å². The first-order chi connectivity index (χ1) is 16.9. The summed E-state index contributed by atoms with van der Waals surface area (Å²) in [6.45, 7) is 5.02. The first-order valence-corrected chi connectivity index (χ1v) is 12.4. The number of fused-ring (bicyclic) bond motifs is 2. The predicted octanol–water partition coefficient (Wildman–Crippen LogP) is 3.55. The largest absolute Gasteiger partial charge is 0.381 e. The third kappa shape index (κ3) is 4.45. The minimum absolute atomic E-state index is 0.00941. The van der Waals surface area contributed by atoms with Gasteiger partial charge in [0.15, 0.2) is 0 Å². The monoisotopic (exact) mass is 480 g/mol. The average molecular weight is 481 g/mol. The molecular weight excluding hydrogens is 448 g/mol. The molecule has 3 aliphatic rings. The lowest BCUT2D eigenvalue weighted by molar-refractivity contribution is -0.124. The molecule has 3 N–H and O–H groups in total. The molecule has 186 valence electrons. The maximum absolute atomic E-state index is 13.5. The quantitative estimate of drug-likeness (QED) is 0.602. The number of nitrogens with zero attached hydrogens (tertiary/aromatic N) is 1. The minimum atomic E-state index is -0.686. The summed E-state index contributed by atoms with van der Waals surface area (Å²) in [5, 5.41) is 12.7. The minimum Gasteiger partial charge on any atom is -0.381 e. The number of anilines is 2. The van der Waals surface area contributed by atoms with Crippen molar-refractivity contribution < 1.29 is 23.6 Å². The second-order valence-electron chi connectivity index (χ2n) is 10.2. The Bertz CT molecular complexity index is 1130. The molecule has 3 amide bonds. The number of benzene rings is 1. The number of rotatable bonds is 5. The van der Waals surface area contributed by atoms with Crippen LogP contribution in [0.2, 0.25) is 0 Å². The van der Waals surface area contributed by atoms with Gasteiger partial charge in [0.2, 0.25) is 11.8 Å². The summed E-state index contributed by atoms with van der Waals surface area (Å²) in [7, 11) is 0. The second kappa shape index (κ2) is 9.45. The Hall–Kier alpha value is -3.20. The topological polar surface area (TPSA) is 123 Å². The Kier molecular flexibility index (Phi) is 6.35. The van der Waals surface area contributed by atoms with Crippen LogP contribution in [0.5, 0.6) is 0 Å². The normalized spacial score (nSPS) is 23.9. The van der Waals surface area contributed by atoms with E-state index < -0.39 is 11.5 Å². The van der Waals surface area contributed by atoms with Crippen molar-refractivity contribution in [2.24, 2.45) is 11.8 Å². The lowest BCUT2D eigenvalue weighted by Crippen LogP contribution is -2.49. The molecule has 1 aromatic heterocycles. The fourth-order valence-corrected chi connectivity index (χ4v) is 5.69. The molecule has 3 heterocycles. The van der Waals surface area contributed by atoms with Crippen LogP contribution in [0.15, 0.2) is 29.0 Å². The smallest absolute Gasteiger partial charge is 0.257 e. The van der Waals surface area contributed by atoms with Crippen LogP contribution in [0.3, 0.4) is 0 Å². The SMILES string of the molecule is Cc1nocc1C(=O)N[C@H](C(=O)Nc1ccc2c(c1)NC(=O)C21CCOCC1)C1CCC(C)CC1. The summed E-state index contributed by atoms with van der Waals surface area (Å²) in [5.41, 5.74) is 2.52. The van der Waals surface area contributed by atoms with Crippen molar-refractivity contribution in [2.75, 3.05) is 23.8 Å². The van der Waals surface area contributed by atoms with Gasteiger partial charge in [-0.1, -0.05) is 31.0 Å². The Labute approximate surface area is 204 Å². The van der Waals surface area contributed by atoms with Gasteiger partial charge in [-0.15, -0.1) is 0 Å². The molecule has 9 heteroatoms. The van der Waals surface area contributed by atoms with Gasteiger partial charge in [0.25, 0.3) is 5.91 Å². The molecule has 2 fully saturated rings. The van der Waals surface area contributed by atoms with Crippen LogP contribution < -0.4 is 16.0 Å². The molecular formula is C26H32N4O5. The zero-order valence-electron chi connectivity index (χ0n) is 20.2. The Balaban J connectivity index is 1.35. The van der Waals surface area contributed by atoms with Gasteiger partial charge >= 0.3 is 0 Å². The predicted molar refractivity (Wildman–Crippen MR) is 129 cm³/mol. The lowest BCUT2D eigenvalue weighted by Gasteiger charge is -2.32. The van der Waals surface area contributed by atoms with Gasteiger partial charge in [-0.3, -0.25) is 14.4 Å². The molecule has 2 aliphatic heterocycles. The standard InChI is InChI=1S/C26H32N4O5/c1-15-3-5-17(6-4-15)22(29-23(31)19-14-35-30-16(19)2)24(32)27-18-7-8-20-21(13-18)28-25(33)26(20)9-11-34-12-10-26/h7-8,13-15,17,22H,3-6,9-12H2,1-2H3,(H,27,32)(H,28,33)(H,29,31)/t15?,17?,22-/m0/s1. The second-order valence-corrected chi connectivity index (χ2v) is 10.2. The van der Waals surface area contributed by atoms with Gasteiger partial charge in [-0.05, 0) is 62.1 Å². The third-order valence-corrected chi connectivity index (χ3v) is 7.93. The lowest BCUT2D eigenvalue weighted by atomic mass is 9.75. The van der Waals surface area contributed by atoms with Crippen molar-refractivity contribution in [1.82, 2.24) is 10.5 Å². The van der Waals surface area contributed by atoms with Crippen molar-refractivity contribution in [3.05, 3.63) is 41.3 Å². The number of aryl methyl sites for hydroxylation is 1. The van der Waals surface area contributed by atoms with E-state index in [0.717, 1.165) is 36.9 Å². The molecule has 1 aliphatic carbocycles. The molecule has 1 atom stereocenters. The van der Waals surface area contributed by atoms with Gasteiger partial charge < -0.3 is 25.2 Å². The molecule has 0 radical (unpaired) electrons. The van der Waals surface area contributed by atoms with E-state index in [1.165, 1.54) is 6.26 Å². The zero-order valence-corrected chi connectivity index (χ0v) is 20.2. The summed E-state index contributed by atoms with van der Waals surface area (Å²) < 4.78 is 10.4. The maximum atomic E-state index is 13.5. The first kappa shape index (κ1) is 23.5. The van der Waals surface area contributed by atoms with Crippen molar-refractivity contribution in [3.8, 4) is 0 Å². The molecule has 1 saturated heterocycles. The van der Waals surface area contributed by atoms with Crippen LogP contribution in [-0.4, -0.2) is 42.1 Å². The van der Waals surface area contributed by atoms with Crippen molar-refractivity contribution in [1.29, 1.82) is 0 Å². The van der Waals surface area contributed by atoms with Crippen molar-refractivity contribution >= 4 is 29.1 Å². The molecule has 5 rings (SSSR count). The number of nitrogens with one attached hydrogen (secondary N) is 3. The summed E-state index contributed by atoms with van der Waals surface area (Å²) in [6, 6.07) is 4.88. The van der Waals surface area contributed by atoms with Crippen LogP contribution >= 0.6 is 0 Å². The van der Waals surface area contributed by atoms with Crippen LogP contribution in [0.25, 0.3) is 0 Å². The average Bonchev–Trinajstić information content (AvgIpc) is 3.39. The van der Waals surface area contributed by atoms with E-state index in [1.807, 2.05) is 12.1 Å². The van der Waals surface area contributed by atoms with E-state index >= 15 is 0 Å². The van der Waals surface area contributed by atoms with Crippen LogP contribution in [0.1, 0.15) is 67.1 Å². The van der Waals surface area contributed by atoms with Gasteiger partial charge in [-0.2, -0.15) is 0 Å². The summed E-state index contributed by atoms with van der Waals surface area (Å²) >= 11 is 0. The number of aromatic nitrogens is 1. The molecule has 35 heavy (non-hydrogen) atoms. The fraction of sp³-hybridized carbons (Fsp3) is 0.538. The highest BCUT2D eigenvalue weighted by Gasteiger charge is 2.47. The number of carbonyl (C=O) groups excluding carboxylic acids is 3. The van der Waals surface area contributed by atoms with Crippen LogP contribution in [-0.2, 0) is 19.7 Å². The number of ether oxygens (including phenoxy) is 1. The van der Waals surface area contributed by atoms with Crippen LogP contribution in [0, 0.1) is 18.8 Å². The Morgan fingerprint density at radius 3 is 2.60 bits per heavy atom. The number of hydrogen-bond donors (Lipinski definition) is 3. The van der Waals surface area contributed by atoms with Crippen molar-refractivity contribution in [2.45, 2.75) is 63.8 Å². The van der Waals surface area contributed by atoms with Crippen molar-refractivity contribution in [3.63, 3.8) is 0 Å². The molecule has 2 aromatic rings. The van der Waals surface area contributed by atoms with Gasteiger partial charge in [0.1, 0.15) is 17.9 Å². The van der Waals surface area contributed by atoms with Gasteiger partial charge in [0.05, 0.1) is 11.1 Å². The molecule has 0 unspecified atom stereocenters. The number of hydrogen-bond acceptors (Lipinski definition) is 6. The highest BCUT2D eigenvalue weighted by molar-refractivity contribution is 6.07. The van der Waals surface area contributed by atoms with Gasteiger partial charge in [-0.25, -0.2) is 0 Å². The Morgan fingerprint density at radius 1 is 1.17 bits per heavy atom. The highest BCUT2D eigenvalue weighted by Crippen LogP contribution is 2.45. The highest BCUT2D eigenvalue weighted by atomic mass is 16.5. The summed E-state index contributed by atoms with van der Waals surface area (Å²) in [4.78, 5) is 39.2. The van der Waals surface area contributed by atoms with E-state index in [0.29, 0.717) is 48.9 Å². The number of carbonyl (C=O) groups is 3. The van der Waals surface area contributed by atoms with Gasteiger partial charge in [0, 0.05) is 24.6 Å². The molecule has 0 bridgehead atoms. The molecule has 9 nitrogen and oxygen atoms in total. The van der Waals surface area contributed by atoms with E-state index in [-0.39, 0.29) is 23.6 Å². The molecule has 1 spiro atoms. The first-order valence-electron chi connectivity index (χ1n) is 12.4. The van der Waals surface area contributed by atoms with E-state index in [9.17, 15) is 14.4 Å². The Morgan fingerprint density at radius 2 is 1.91 bits per heavy atom. The molecule has 1 saturated carbocycles. The summed E-state index contributed by atoms with van der Waals surface area (Å²) in [5.74, 6) is 0.00543. The number of amides is 3.